The zero-order valence-corrected chi connectivity index (χ0v) is 10.9. The van der Waals surface area contributed by atoms with Crippen LogP contribution in [0.4, 0.5) is 5.82 Å². The van der Waals surface area contributed by atoms with E-state index in [1.165, 1.54) is 5.56 Å². The molecule has 0 saturated heterocycles. The summed E-state index contributed by atoms with van der Waals surface area (Å²) in [5, 5.41) is 3.41. The van der Waals surface area contributed by atoms with Gasteiger partial charge in [0.25, 0.3) is 0 Å². The first-order chi connectivity index (χ1) is 8.13. The van der Waals surface area contributed by atoms with E-state index in [9.17, 15) is 0 Å². The first kappa shape index (κ1) is 13.5. The van der Waals surface area contributed by atoms with Crippen LogP contribution in [0.2, 0.25) is 0 Å². The molecule has 0 spiro atoms. The molecule has 0 aliphatic rings. The molecule has 0 aliphatic carbocycles. The molecule has 0 radical (unpaired) electrons. The fourth-order valence-corrected chi connectivity index (χ4v) is 1.50. The van der Waals surface area contributed by atoms with Crippen LogP contribution in [0, 0.1) is 18.3 Å². The predicted octanol–water partition coefficient (Wildman–Crippen LogP) is 1.90. The molecule has 0 bridgehead atoms. The van der Waals surface area contributed by atoms with Gasteiger partial charge in [0, 0.05) is 19.8 Å². The van der Waals surface area contributed by atoms with Gasteiger partial charge in [0.1, 0.15) is 5.82 Å². The van der Waals surface area contributed by atoms with Crippen LogP contribution < -0.4 is 10.2 Å². The van der Waals surface area contributed by atoms with Crippen LogP contribution in [-0.4, -0.2) is 25.1 Å². The average molecular weight is 231 g/mol. The van der Waals surface area contributed by atoms with E-state index in [1.807, 2.05) is 24.2 Å². The van der Waals surface area contributed by atoms with Crippen LogP contribution in [0.15, 0.2) is 18.3 Å². The van der Waals surface area contributed by atoms with Crippen molar-refractivity contribution in [3.63, 3.8) is 0 Å². The first-order valence-corrected chi connectivity index (χ1v) is 5.93. The molecule has 0 saturated carbocycles. The number of pyridine rings is 1. The van der Waals surface area contributed by atoms with Gasteiger partial charge in [0.15, 0.2) is 0 Å². The highest BCUT2D eigenvalue weighted by Crippen LogP contribution is 2.10. The molecule has 0 unspecified atom stereocenters. The van der Waals surface area contributed by atoms with Crippen molar-refractivity contribution in [3.8, 4) is 12.3 Å². The quantitative estimate of drug-likeness (QED) is 0.758. The van der Waals surface area contributed by atoms with Crippen LogP contribution in [0.3, 0.4) is 0 Å². The van der Waals surface area contributed by atoms with E-state index >= 15 is 0 Å². The topological polar surface area (TPSA) is 28.2 Å². The van der Waals surface area contributed by atoms with Crippen LogP contribution in [-0.2, 0) is 6.54 Å². The van der Waals surface area contributed by atoms with Gasteiger partial charge in [0.2, 0.25) is 0 Å². The maximum absolute atomic E-state index is 5.29. The predicted molar refractivity (Wildman–Crippen MR) is 72.9 cm³/mol. The molecule has 3 nitrogen and oxygen atoms in total. The molecule has 0 amide bonds. The highest BCUT2D eigenvalue weighted by Gasteiger charge is 2.02. The molecule has 92 valence electrons. The maximum Gasteiger partial charge on any atom is 0.129 e. The van der Waals surface area contributed by atoms with Gasteiger partial charge < -0.3 is 10.2 Å². The van der Waals surface area contributed by atoms with E-state index in [-0.39, 0.29) is 0 Å². The largest absolute Gasteiger partial charge is 0.349 e. The Morgan fingerprint density at radius 2 is 2.29 bits per heavy atom. The monoisotopic (exact) mass is 231 g/mol. The van der Waals surface area contributed by atoms with E-state index < -0.39 is 0 Å². The Labute approximate surface area is 104 Å². The Balaban J connectivity index is 2.57. The molecule has 0 fully saturated rings. The molecule has 0 atom stereocenters. The van der Waals surface area contributed by atoms with Gasteiger partial charge >= 0.3 is 0 Å². The van der Waals surface area contributed by atoms with Crippen molar-refractivity contribution in [2.45, 2.75) is 20.4 Å². The molecular formula is C14H21N3. The van der Waals surface area contributed by atoms with Gasteiger partial charge in [-0.1, -0.05) is 19.8 Å². The SMILES string of the molecule is C#CCN(C)c1cc(CNCC(C)C)ccn1. The number of aromatic nitrogens is 1. The first-order valence-electron chi connectivity index (χ1n) is 5.93. The number of terminal acetylenes is 1. The van der Waals surface area contributed by atoms with Crippen LogP contribution in [0.25, 0.3) is 0 Å². The molecule has 0 aliphatic heterocycles. The summed E-state index contributed by atoms with van der Waals surface area (Å²) >= 11 is 0. The summed E-state index contributed by atoms with van der Waals surface area (Å²) in [4.78, 5) is 6.27. The summed E-state index contributed by atoms with van der Waals surface area (Å²) in [6.07, 6.45) is 7.11. The lowest BCUT2D eigenvalue weighted by Gasteiger charge is -2.15. The standard InChI is InChI=1S/C14H21N3/c1-5-8-17(4)14-9-13(6-7-16-14)11-15-10-12(2)3/h1,6-7,9,12,15H,8,10-11H2,2-4H3. The van der Waals surface area contributed by atoms with E-state index in [4.69, 9.17) is 6.42 Å². The zero-order chi connectivity index (χ0) is 12.7. The van der Waals surface area contributed by atoms with Gasteiger partial charge in [-0.25, -0.2) is 4.98 Å². The van der Waals surface area contributed by atoms with Crippen molar-refractivity contribution in [2.24, 2.45) is 5.92 Å². The summed E-state index contributed by atoms with van der Waals surface area (Å²) in [5.74, 6) is 4.20. The van der Waals surface area contributed by atoms with Gasteiger partial charge in [-0.3, -0.25) is 0 Å². The van der Waals surface area contributed by atoms with Crippen molar-refractivity contribution >= 4 is 5.82 Å². The van der Waals surface area contributed by atoms with Crippen molar-refractivity contribution in [1.82, 2.24) is 10.3 Å². The Bertz CT molecular complexity index is 379. The van der Waals surface area contributed by atoms with Crippen LogP contribution >= 0.6 is 0 Å². The second kappa shape index (κ2) is 6.93. The number of nitrogens with zero attached hydrogens (tertiary/aromatic N) is 2. The Morgan fingerprint density at radius 3 is 2.94 bits per heavy atom. The lowest BCUT2D eigenvalue weighted by Crippen LogP contribution is -2.21. The summed E-state index contributed by atoms with van der Waals surface area (Å²) in [7, 11) is 1.95. The minimum Gasteiger partial charge on any atom is -0.349 e. The summed E-state index contributed by atoms with van der Waals surface area (Å²) < 4.78 is 0. The zero-order valence-electron chi connectivity index (χ0n) is 10.9. The highest BCUT2D eigenvalue weighted by molar-refractivity contribution is 5.41. The molecule has 1 N–H and O–H groups in total. The Morgan fingerprint density at radius 1 is 1.53 bits per heavy atom. The van der Waals surface area contributed by atoms with Gasteiger partial charge in [-0.15, -0.1) is 6.42 Å². The molecule has 17 heavy (non-hydrogen) atoms. The Hall–Kier alpha value is -1.53. The van der Waals surface area contributed by atoms with Crippen LogP contribution in [0.1, 0.15) is 19.4 Å². The lowest BCUT2D eigenvalue weighted by molar-refractivity contribution is 0.552. The second-order valence-electron chi connectivity index (χ2n) is 4.61. The fourth-order valence-electron chi connectivity index (χ4n) is 1.50. The highest BCUT2D eigenvalue weighted by atomic mass is 15.1. The van der Waals surface area contributed by atoms with E-state index in [0.717, 1.165) is 18.9 Å². The molecule has 3 heteroatoms. The number of hydrogen-bond donors (Lipinski definition) is 1. The molecule has 1 heterocycles. The fraction of sp³-hybridized carbons (Fsp3) is 0.500. The average Bonchev–Trinajstić information content (AvgIpc) is 2.29. The molecule has 1 rings (SSSR count). The minimum atomic E-state index is 0.579. The van der Waals surface area contributed by atoms with Crippen LogP contribution in [0.5, 0.6) is 0 Å². The molecular weight excluding hydrogens is 210 g/mol. The summed E-state index contributed by atoms with van der Waals surface area (Å²) in [6.45, 7) is 6.88. The number of rotatable bonds is 6. The van der Waals surface area contributed by atoms with E-state index in [2.05, 4.69) is 36.1 Å². The number of anilines is 1. The van der Waals surface area contributed by atoms with Crippen molar-refractivity contribution < 1.29 is 0 Å². The maximum atomic E-state index is 5.29. The summed E-state index contributed by atoms with van der Waals surface area (Å²) in [5.41, 5.74) is 1.24. The normalized spacial score (nSPS) is 10.3. The van der Waals surface area contributed by atoms with Gasteiger partial charge in [0.05, 0.1) is 6.54 Å². The molecule has 0 aromatic carbocycles. The van der Waals surface area contributed by atoms with E-state index in [0.29, 0.717) is 12.5 Å². The van der Waals surface area contributed by atoms with Crippen molar-refractivity contribution in [1.29, 1.82) is 0 Å². The van der Waals surface area contributed by atoms with Crippen molar-refractivity contribution in [3.05, 3.63) is 23.9 Å². The second-order valence-corrected chi connectivity index (χ2v) is 4.61. The minimum absolute atomic E-state index is 0.579. The summed E-state index contributed by atoms with van der Waals surface area (Å²) in [6, 6.07) is 4.10. The van der Waals surface area contributed by atoms with Gasteiger partial charge in [-0.05, 0) is 30.2 Å². The lowest BCUT2D eigenvalue weighted by atomic mass is 10.2. The van der Waals surface area contributed by atoms with Gasteiger partial charge in [-0.2, -0.15) is 0 Å². The third-order valence-corrected chi connectivity index (χ3v) is 2.41. The smallest absolute Gasteiger partial charge is 0.129 e. The number of nitrogens with one attached hydrogen (secondary N) is 1. The third-order valence-electron chi connectivity index (χ3n) is 2.41. The van der Waals surface area contributed by atoms with Crippen molar-refractivity contribution in [2.75, 3.05) is 25.0 Å². The van der Waals surface area contributed by atoms with E-state index in [1.54, 1.807) is 0 Å². The Kier molecular flexibility index (Phi) is 5.51. The number of hydrogen-bond acceptors (Lipinski definition) is 3. The molecule has 1 aromatic heterocycles. The third kappa shape index (κ3) is 4.88. The molecule has 1 aromatic rings.